The Bertz CT molecular complexity index is 306. The number of rotatable bonds is 3. The van der Waals surface area contributed by atoms with Crippen LogP contribution in [-0.2, 0) is 10.4 Å². The molecule has 0 aliphatic rings. The van der Waals surface area contributed by atoms with Crippen LogP contribution >= 0.6 is 0 Å². The zero-order valence-electron chi connectivity index (χ0n) is 8.45. The SMILES string of the molecule is CCNC(=O)C(C)(O)c1ccccc1. The minimum absolute atomic E-state index is 0.369. The Balaban J connectivity index is 2.90. The first-order chi connectivity index (χ1) is 6.59. The van der Waals surface area contributed by atoms with E-state index in [-0.39, 0.29) is 5.91 Å². The highest BCUT2D eigenvalue weighted by molar-refractivity contribution is 5.85. The van der Waals surface area contributed by atoms with E-state index in [0.29, 0.717) is 12.1 Å². The standard InChI is InChI=1S/C11H15NO2/c1-3-12-10(13)11(2,14)9-7-5-4-6-8-9/h4-8,14H,3H2,1-2H3,(H,12,13). The number of amides is 1. The van der Waals surface area contributed by atoms with Gasteiger partial charge in [-0.2, -0.15) is 0 Å². The summed E-state index contributed by atoms with van der Waals surface area (Å²) in [5.74, 6) is -0.369. The van der Waals surface area contributed by atoms with E-state index in [1.807, 2.05) is 13.0 Å². The maximum absolute atomic E-state index is 11.5. The lowest BCUT2D eigenvalue weighted by atomic mass is 9.95. The lowest BCUT2D eigenvalue weighted by Gasteiger charge is -2.22. The highest BCUT2D eigenvalue weighted by atomic mass is 16.3. The molecule has 2 N–H and O–H groups in total. The number of nitrogens with one attached hydrogen (secondary N) is 1. The Morgan fingerprint density at radius 1 is 1.43 bits per heavy atom. The van der Waals surface area contributed by atoms with E-state index in [9.17, 15) is 9.90 Å². The van der Waals surface area contributed by atoms with Gasteiger partial charge in [0, 0.05) is 6.54 Å². The van der Waals surface area contributed by atoms with Gasteiger partial charge in [0.2, 0.25) is 0 Å². The number of hydrogen-bond acceptors (Lipinski definition) is 2. The van der Waals surface area contributed by atoms with E-state index in [0.717, 1.165) is 0 Å². The third-order valence-electron chi connectivity index (χ3n) is 2.12. The van der Waals surface area contributed by atoms with Crippen molar-refractivity contribution in [3.05, 3.63) is 35.9 Å². The molecule has 3 nitrogen and oxygen atoms in total. The maximum atomic E-state index is 11.5. The van der Waals surface area contributed by atoms with Crippen LogP contribution in [0.4, 0.5) is 0 Å². The largest absolute Gasteiger partial charge is 0.376 e. The smallest absolute Gasteiger partial charge is 0.256 e. The molecule has 76 valence electrons. The fraction of sp³-hybridized carbons (Fsp3) is 0.364. The molecule has 1 unspecified atom stereocenters. The second kappa shape index (κ2) is 4.24. The molecule has 0 radical (unpaired) electrons. The average molecular weight is 193 g/mol. The summed E-state index contributed by atoms with van der Waals surface area (Å²) in [6.45, 7) is 3.83. The van der Waals surface area contributed by atoms with Crippen LogP contribution in [0.25, 0.3) is 0 Å². The predicted octanol–water partition coefficient (Wildman–Crippen LogP) is 1.03. The van der Waals surface area contributed by atoms with Gasteiger partial charge >= 0.3 is 0 Å². The summed E-state index contributed by atoms with van der Waals surface area (Å²) in [7, 11) is 0. The molecule has 1 aromatic carbocycles. The topological polar surface area (TPSA) is 49.3 Å². The van der Waals surface area contributed by atoms with E-state index in [1.165, 1.54) is 6.92 Å². The number of benzene rings is 1. The molecule has 1 amide bonds. The van der Waals surface area contributed by atoms with Gasteiger partial charge in [0.1, 0.15) is 0 Å². The summed E-state index contributed by atoms with van der Waals surface area (Å²) in [5, 5.41) is 12.6. The van der Waals surface area contributed by atoms with Crippen molar-refractivity contribution in [1.82, 2.24) is 5.32 Å². The van der Waals surface area contributed by atoms with Crippen molar-refractivity contribution in [2.75, 3.05) is 6.54 Å². The Morgan fingerprint density at radius 2 is 2.00 bits per heavy atom. The molecule has 3 heteroatoms. The summed E-state index contributed by atoms with van der Waals surface area (Å²) >= 11 is 0. The fourth-order valence-corrected chi connectivity index (χ4v) is 1.23. The molecule has 1 atom stereocenters. The first-order valence-electron chi connectivity index (χ1n) is 4.65. The van der Waals surface area contributed by atoms with Gasteiger partial charge in [0.25, 0.3) is 5.91 Å². The average Bonchev–Trinajstić information content (AvgIpc) is 2.19. The molecule has 1 rings (SSSR count). The van der Waals surface area contributed by atoms with Crippen molar-refractivity contribution in [1.29, 1.82) is 0 Å². The Kier molecular flexibility index (Phi) is 3.25. The number of carbonyl (C=O) groups is 1. The van der Waals surface area contributed by atoms with E-state index in [1.54, 1.807) is 24.3 Å². The molecule has 0 saturated carbocycles. The maximum Gasteiger partial charge on any atom is 0.256 e. The van der Waals surface area contributed by atoms with Crippen molar-refractivity contribution in [2.24, 2.45) is 0 Å². The molecule has 0 bridgehead atoms. The number of hydrogen-bond donors (Lipinski definition) is 2. The zero-order chi connectivity index (χ0) is 10.6. The van der Waals surface area contributed by atoms with Crippen molar-refractivity contribution in [3.8, 4) is 0 Å². The third kappa shape index (κ3) is 2.12. The van der Waals surface area contributed by atoms with E-state index < -0.39 is 5.60 Å². The van der Waals surface area contributed by atoms with Crippen LogP contribution in [0.5, 0.6) is 0 Å². The normalized spacial score (nSPS) is 14.5. The van der Waals surface area contributed by atoms with E-state index in [4.69, 9.17) is 0 Å². The molecule has 0 saturated heterocycles. The van der Waals surface area contributed by atoms with Gasteiger partial charge in [-0.15, -0.1) is 0 Å². The van der Waals surface area contributed by atoms with Gasteiger partial charge in [-0.1, -0.05) is 30.3 Å². The summed E-state index contributed by atoms with van der Waals surface area (Å²) < 4.78 is 0. The number of likely N-dealkylation sites (N-methyl/N-ethyl adjacent to an activating group) is 1. The van der Waals surface area contributed by atoms with Crippen molar-refractivity contribution >= 4 is 5.91 Å². The summed E-state index contributed by atoms with van der Waals surface area (Å²) in [4.78, 5) is 11.5. The van der Waals surface area contributed by atoms with Crippen LogP contribution in [0.15, 0.2) is 30.3 Å². The van der Waals surface area contributed by atoms with Crippen LogP contribution in [0.2, 0.25) is 0 Å². The zero-order valence-corrected chi connectivity index (χ0v) is 8.45. The Labute approximate surface area is 83.8 Å². The van der Waals surface area contributed by atoms with Crippen LogP contribution in [0.3, 0.4) is 0 Å². The first-order valence-corrected chi connectivity index (χ1v) is 4.65. The van der Waals surface area contributed by atoms with Crippen LogP contribution in [0.1, 0.15) is 19.4 Å². The van der Waals surface area contributed by atoms with Crippen LogP contribution in [0, 0.1) is 0 Å². The second-order valence-electron chi connectivity index (χ2n) is 3.30. The van der Waals surface area contributed by atoms with Crippen LogP contribution in [-0.4, -0.2) is 17.6 Å². The lowest BCUT2D eigenvalue weighted by Crippen LogP contribution is -2.42. The Morgan fingerprint density at radius 3 is 2.50 bits per heavy atom. The molecule has 0 fully saturated rings. The predicted molar refractivity (Wildman–Crippen MR) is 54.7 cm³/mol. The van der Waals surface area contributed by atoms with Gasteiger partial charge in [0.05, 0.1) is 0 Å². The van der Waals surface area contributed by atoms with Gasteiger partial charge in [-0.3, -0.25) is 4.79 Å². The van der Waals surface area contributed by atoms with Gasteiger partial charge in [-0.05, 0) is 19.4 Å². The molecular weight excluding hydrogens is 178 g/mol. The minimum Gasteiger partial charge on any atom is -0.376 e. The molecular formula is C11H15NO2. The fourth-order valence-electron chi connectivity index (χ4n) is 1.23. The van der Waals surface area contributed by atoms with Gasteiger partial charge in [-0.25, -0.2) is 0 Å². The molecule has 0 aromatic heterocycles. The van der Waals surface area contributed by atoms with Crippen molar-refractivity contribution in [2.45, 2.75) is 19.4 Å². The first kappa shape index (κ1) is 10.7. The molecule has 0 heterocycles. The molecule has 0 aliphatic carbocycles. The highest BCUT2D eigenvalue weighted by Crippen LogP contribution is 2.19. The highest BCUT2D eigenvalue weighted by Gasteiger charge is 2.31. The van der Waals surface area contributed by atoms with E-state index in [2.05, 4.69) is 5.32 Å². The van der Waals surface area contributed by atoms with Crippen molar-refractivity contribution in [3.63, 3.8) is 0 Å². The Hall–Kier alpha value is -1.35. The monoisotopic (exact) mass is 193 g/mol. The molecule has 1 aromatic rings. The lowest BCUT2D eigenvalue weighted by molar-refractivity contribution is -0.138. The molecule has 0 aliphatic heterocycles. The third-order valence-corrected chi connectivity index (χ3v) is 2.12. The molecule has 14 heavy (non-hydrogen) atoms. The summed E-state index contributed by atoms with van der Waals surface area (Å²) in [6.07, 6.45) is 0. The van der Waals surface area contributed by atoms with Gasteiger partial charge in [0.15, 0.2) is 5.60 Å². The number of aliphatic hydroxyl groups is 1. The second-order valence-corrected chi connectivity index (χ2v) is 3.30. The van der Waals surface area contributed by atoms with Crippen LogP contribution < -0.4 is 5.32 Å². The summed E-state index contributed by atoms with van der Waals surface area (Å²) in [6, 6.07) is 8.90. The molecule has 0 spiro atoms. The van der Waals surface area contributed by atoms with E-state index >= 15 is 0 Å². The van der Waals surface area contributed by atoms with Gasteiger partial charge < -0.3 is 10.4 Å². The van der Waals surface area contributed by atoms with Crippen molar-refractivity contribution < 1.29 is 9.90 Å². The quantitative estimate of drug-likeness (QED) is 0.753. The number of carbonyl (C=O) groups excluding carboxylic acids is 1. The minimum atomic E-state index is -1.45. The summed E-state index contributed by atoms with van der Waals surface area (Å²) in [5.41, 5.74) is -0.844.